The van der Waals surface area contributed by atoms with Crippen LogP contribution in [0, 0.1) is 5.92 Å². The summed E-state index contributed by atoms with van der Waals surface area (Å²) in [7, 11) is 0. The Morgan fingerprint density at radius 1 is 1.29 bits per heavy atom. The van der Waals surface area contributed by atoms with Crippen LogP contribution >= 0.6 is 0 Å². The van der Waals surface area contributed by atoms with Gasteiger partial charge in [0.25, 0.3) is 0 Å². The lowest BCUT2D eigenvalue weighted by atomic mass is 10.1. The fraction of sp³-hybridized carbons (Fsp3) is 0.929. The molecule has 0 aliphatic carbocycles. The Morgan fingerprint density at radius 2 is 1.94 bits per heavy atom. The van der Waals surface area contributed by atoms with Crippen LogP contribution in [0.15, 0.2) is 0 Å². The molecular weight excluding hydrogens is 214 g/mol. The van der Waals surface area contributed by atoms with Crippen LogP contribution in [0.3, 0.4) is 0 Å². The molecule has 1 rings (SSSR count). The van der Waals surface area contributed by atoms with Crippen molar-refractivity contribution >= 4 is 5.78 Å². The summed E-state index contributed by atoms with van der Waals surface area (Å²) in [5.74, 6) is 0.272. The molecule has 1 aliphatic heterocycles. The Balaban J connectivity index is 2.37. The quantitative estimate of drug-likeness (QED) is 0.715. The van der Waals surface area contributed by atoms with Crippen molar-refractivity contribution in [3.63, 3.8) is 0 Å². The van der Waals surface area contributed by atoms with Crippen LogP contribution in [-0.4, -0.2) is 42.0 Å². The monoisotopic (exact) mass is 241 g/mol. The van der Waals surface area contributed by atoms with E-state index in [1.54, 1.807) is 0 Å². The smallest absolute Gasteiger partial charge is 0.163 e. The molecule has 2 atom stereocenters. The van der Waals surface area contributed by atoms with E-state index in [9.17, 15) is 4.79 Å². The number of ether oxygens (including phenoxy) is 1. The summed E-state index contributed by atoms with van der Waals surface area (Å²) in [6.45, 7) is 12.0. The van der Waals surface area contributed by atoms with E-state index in [-0.39, 0.29) is 17.8 Å². The molecule has 100 valence electrons. The molecule has 0 aromatic carbocycles. The number of carbonyl (C=O) groups excluding carboxylic acids is 1. The fourth-order valence-corrected chi connectivity index (χ4v) is 2.52. The molecular formula is C14H27NO2. The molecule has 1 aliphatic rings. The van der Waals surface area contributed by atoms with Gasteiger partial charge >= 0.3 is 0 Å². The van der Waals surface area contributed by atoms with E-state index in [1.165, 1.54) is 12.8 Å². The topological polar surface area (TPSA) is 29.5 Å². The second-order valence-corrected chi connectivity index (χ2v) is 5.66. The summed E-state index contributed by atoms with van der Waals surface area (Å²) >= 11 is 0. The van der Waals surface area contributed by atoms with Crippen molar-refractivity contribution in [1.82, 2.24) is 4.90 Å². The number of hydrogen-bond acceptors (Lipinski definition) is 3. The minimum Gasteiger partial charge on any atom is -0.369 e. The zero-order chi connectivity index (χ0) is 13.0. The van der Waals surface area contributed by atoms with Crippen molar-refractivity contribution in [2.75, 3.05) is 13.2 Å². The van der Waals surface area contributed by atoms with Gasteiger partial charge in [-0.25, -0.2) is 0 Å². The molecule has 1 fully saturated rings. The largest absolute Gasteiger partial charge is 0.369 e. The number of nitrogens with zero attached hydrogens (tertiary/aromatic N) is 1. The summed E-state index contributed by atoms with van der Waals surface area (Å²) in [5.41, 5.74) is 0. The molecule has 0 bridgehead atoms. The maximum atomic E-state index is 11.7. The first kappa shape index (κ1) is 14.7. The third-order valence-electron chi connectivity index (χ3n) is 3.59. The Bertz CT molecular complexity index is 251. The number of rotatable bonds is 6. The van der Waals surface area contributed by atoms with E-state index >= 15 is 0 Å². The van der Waals surface area contributed by atoms with E-state index in [1.807, 2.05) is 20.8 Å². The first-order valence-electron chi connectivity index (χ1n) is 6.84. The van der Waals surface area contributed by atoms with E-state index < -0.39 is 0 Å². The molecule has 0 N–H and O–H groups in total. The zero-order valence-electron chi connectivity index (χ0n) is 11.9. The lowest BCUT2D eigenvalue weighted by Gasteiger charge is -2.29. The highest BCUT2D eigenvalue weighted by atomic mass is 16.5. The highest BCUT2D eigenvalue weighted by Crippen LogP contribution is 2.20. The number of hydrogen-bond donors (Lipinski definition) is 0. The predicted octanol–water partition coefficient (Wildman–Crippen LogP) is 2.49. The molecule has 1 heterocycles. The van der Waals surface area contributed by atoms with E-state index in [4.69, 9.17) is 4.74 Å². The Labute approximate surface area is 106 Å². The number of likely N-dealkylation sites (tertiary alicyclic amines) is 1. The number of Topliss-reactive ketones (excluding diaryl/α,β-unsaturated/α-hetero) is 1. The highest BCUT2D eigenvalue weighted by molar-refractivity contribution is 5.84. The van der Waals surface area contributed by atoms with Crippen LogP contribution in [0.25, 0.3) is 0 Å². The first-order valence-corrected chi connectivity index (χ1v) is 6.84. The highest BCUT2D eigenvalue weighted by Gasteiger charge is 2.28. The zero-order valence-corrected chi connectivity index (χ0v) is 11.9. The molecule has 2 unspecified atom stereocenters. The normalized spacial score (nSPS) is 23.6. The molecule has 0 aromatic rings. The maximum absolute atomic E-state index is 11.7. The van der Waals surface area contributed by atoms with Gasteiger partial charge < -0.3 is 4.74 Å². The predicted molar refractivity (Wildman–Crippen MR) is 70.1 cm³/mol. The minimum atomic E-state index is -0.260. The van der Waals surface area contributed by atoms with Gasteiger partial charge in [0.2, 0.25) is 0 Å². The molecule has 0 amide bonds. The van der Waals surface area contributed by atoms with Crippen molar-refractivity contribution in [3.8, 4) is 0 Å². The van der Waals surface area contributed by atoms with Crippen LogP contribution < -0.4 is 0 Å². The summed E-state index contributed by atoms with van der Waals surface area (Å²) in [5, 5.41) is 0. The SMILES string of the molecule is CC(C)C(=O)C(C)OCC1CCCN1C(C)C. The fourth-order valence-electron chi connectivity index (χ4n) is 2.52. The summed E-state index contributed by atoms with van der Waals surface area (Å²) in [4.78, 5) is 14.2. The lowest BCUT2D eigenvalue weighted by Crippen LogP contribution is -2.40. The Kier molecular flexibility index (Phi) is 5.60. The summed E-state index contributed by atoms with van der Waals surface area (Å²) < 4.78 is 5.74. The van der Waals surface area contributed by atoms with Gasteiger partial charge in [0, 0.05) is 18.0 Å². The van der Waals surface area contributed by atoms with Crippen molar-refractivity contribution in [3.05, 3.63) is 0 Å². The van der Waals surface area contributed by atoms with Crippen LogP contribution in [0.2, 0.25) is 0 Å². The maximum Gasteiger partial charge on any atom is 0.163 e. The molecule has 0 radical (unpaired) electrons. The first-order chi connectivity index (χ1) is 7.93. The van der Waals surface area contributed by atoms with Gasteiger partial charge in [-0.1, -0.05) is 13.8 Å². The summed E-state index contributed by atoms with van der Waals surface area (Å²) in [6, 6.07) is 1.07. The second-order valence-electron chi connectivity index (χ2n) is 5.66. The lowest BCUT2D eigenvalue weighted by molar-refractivity contribution is -0.133. The minimum absolute atomic E-state index is 0.0646. The van der Waals surface area contributed by atoms with Gasteiger partial charge in [-0.15, -0.1) is 0 Å². The molecule has 3 nitrogen and oxygen atoms in total. The van der Waals surface area contributed by atoms with Gasteiger partial charge in [-0.05, 0) is 40.2 Å². The third kappa shape index (κ3) is 4.07. The molecule has 0 aromatic heterocycles. The molecule has 17 heavy (non-hydrogen) atoms. The van der Waals surface area contributed by atoms with Crippen molar-refractivity contribution in [1.29, 1.82) is 0 Å². The third-order valence-corrected chi connectivity index (χ3v) is 3.59. The van der Waals surface area contributed by atoms with E-state index in [2.05, 4.69) is 18.7 Å². The van der Waals surface area contributed by atoms with Crippen molar-refractivity contribution < 1.29 is 9.53 Å². The van der Waals surface area contributed by atoms with Crippen molar-refractivity contribution in [2.45, 2.75) is 65.6 Å². The van der Waals surface area contributed by atoms with E-state index in [0.717, 1.165) is 6.54 Å². The van der Waals surface area contributed by atoms with Crippen LogP contribution in [0.4, 0.5) is 0 Å². The molecule has 1 saturated heterocycles. The van der Waals surface area contributed by atoms with Gasteiger partial charge in [0.1, 0.15) is 6.10 Å². The van der Waals surface area contributed by atoms with Crippen LogP contribution in [-0.2, 0) is 9.53 Å². The average Bonchev–Trinajstić information content (AvgIpc) is 2.72. The van der Waals surface area contributed by atoms with Crippen molar-refractivity contribution in [2.24, 2.45) is 5.92 Å². The molecule has 0 spiro atoms. The number of ketones is 1. The number of carbonyl (C=O) groups is 1. The molecule has 0 saturated carbocycles. The van der Waals surface area contributed by atoms with Crippen LogP contribution in [0.1, 0.15) is 47.5 Å². The van der Waals surface area contributed by atoms with Gasteiger partial charge in [-0.3, -0.25) is 9.69 Å². The Hall–Kier alpha value is -0.410. The second kappa shape index (κ2) is 6.50. The average molecular weight is 241 g/mol. The van der Waals surface area contributed by atoms with E-state index in [0.29, 0.717) is 18.7 Å². The van der Waals surface area contributed by atoms with Crippen LogP contribution in [0.5, 0.6) is 0 Å². The van der Waals surface area contributed by atoms with Gasteiger partial charge in [0.05, 0.1) is 6.61 Å². The Morgan fingerprint density at radius 3 is 2.47 bits per heavy atom. The van der Waals surface area contributed by atoms with Gasteiger partial charge in [-0.2, -0.15) is 0 Å². The standard InChI is InChI=1S/C14H27NO2/c1-10(2)14(16)12(5)17-9-13-7-6-8-15(13)11(3)4/h10-13H,6-9H2,1-5H3. The van der Waals surface area contributed by atoms with Gasteiger partial charge in [0.15, 0.2) is 5.78 Å². The molecule has 3 heteroatoms. The summed E-state index contributed by atoms with van der Waals surface area (Å²) in [6.07, 6.45) is 2.18.